The summed E-state index contributed by atoms with van der Waals surface area (Å²) in [6, 6.07) is 70.6. The SMILES string of the molecule is CC1(C)CCC(C)(C)c2c(-c3cccc(N(c4ccccc4)c4ccc(-c5ccc(N(c6ccccc6)c6ccc7ccccc7c6)cc5)cc4)c3)cccc21. The molecular weight excluding hydrogens is 677 g/mol. The maximum absolute atomic E-state index is 2.42. The zero-order valence-corrected chi connectivity index (χ0v) is 32.8. The van der Waals surface area contributed by atoms with Crippen LogP contribution in [0.1, 0.15) is 51.7 Å². The third-order valence-electron chi connectivity index (χ3n) is 11.9. The van der Waals surface area contributed by atoms with Gasteiger partial charge in [0.1, 0.15) is 0 Å². The molecule has 274 valence electrons. The second-order valence-corrected chi connectivity index (χ2v) is 16.5. The van der Waals surface area contributed by atoms with Crippen LogP contribution in [-0.2, 0) is 10.8 Å². The van der Waals surface area contributed by atoms with Crippen LogP contribution in [-0.4, -0.2) is 0 Å². The first-order valence-corrected chi connectivity index (χ1v) is 19.9. The molecule has 1 aliphatic carbocycles. The Morgan fingerprint density at radius 2 is 0.804 bits per heavy atom. The standard InChI is InChI=1S/C54H48N2/c1-53(2)35-36-54(3,4)52-50(23-14-24-51(52)53)43-17-13-22-48(38-43)55(44-18-7-5-8-19-44)46-30-25-40(26-31-46)41-27-32-47(33-28-41)56(45-20-9-6-10-21-45)49-34-29-39-15-11-12-16-42(39)37-49/h5-34,37-38H,35-36H2,1-4H3. The van der Waals surface area contributed by atoms with Gasteiger partial charge in [0.15, 0.2) is 0 Å². The fraction of sp³-hybridized carbons (Fsp3) is 0.148. The summed E-state index contributed by atoms with van der Waals surface area (Å²) in [6.07, 6.45) is 2.39. The fourth-order valence-electron chi connectivity index (χ4n) is 8.75. The lowest BCUT2D eigenvalue weighted by atomic mass is 9.61. The molecule has 0 radical (unpaired) electrons. The normalized spacial score (nSPS) is 14.2. The number of para-hydroxylation sites is 2. The molecule has 2 heteroatoms. The van der Waals surface area contributed by atoms with E-state index < -0.39 is 0 Å². The third kappa shape index (κ3) is 6.66. The van der Waals surface area contributed by atoms with Crippen LogP contribution < -0.4 is 9.80 Å². The quantitative estimate of drug-likeness (QED) is 0.154. The Morgan fingerprint density at radius 1 is 0.339 bits per heavy atom. The van der Waals surface area contributed by atoms with Crippen LogP contribution in [0.5, 0.6) is 0 Å². The van der Waals surface area contributed by atoms with Crippen molar-refractivity contribution in [1.29, 1.82) is 0 Å². The maximum Gasteiger partial charge on any atom is 0.0468 e. The van der Waals surface area contributed by atoms with E-state index in [0.29, 0.717) is 0 Å². The monoisotopic (exact) mass is 724 g/mol. The van der Waals surface area contributed by atoms with Crippen molar-refractivity contribution in [3.63, 3.8) is 0 Å². The molecule has 56 heavy (non-hydrogen) atoms. The molecule has 2 nitrogen and oxygen atoms in total. The number of benzene rings is 8. The molecule has 8 aromatic carbocycles. The van der Waals surface area contributed by atoms with Gasteiger partial charge in [0.05, 0.1) is 0 Å². The summed E-state index contributed by atoms with van der Waals surface area (Å²) in [5, 5.41) is 2.47. The van der Waals surface area contributed by atoms with Gasteiger partial charge in [-0.25, -0.2) is 0 Å². The van der Waals surface area contributed by atoms with Crippen molar-refractivity contribution in [3.8, 4) is 22.3 Å². The Morgan fingerprint density at radius 3 is 1.41 bits per heavy atom. The molecule has 0 spiro atoms. The molecule has 0 N–H and O–H groups in total. The largest absolute Gasteiger partial charge is 0.310 e. The number of hydrogen-bond donors (Lipinski definition) is 0. The van der Waals surface area contributed by atoms with Crippen molar-refractivity contribution in [2.45, 2.75) is 51.4 Å². The lowest BCUT2D eigenvalue weighted by Crippen LogP contribution is -2.34. The van der Waals surface area contributed by atoms with E-state index in [1.807, 2.05) is 0 Å². The highest BCUT2D eigenvalue weighted by Gasteiger charge is 2.38. The molecule has 0 aromatic heterocycles. The van der Waals surface area contributed by atoms with Crippen LogP contribution in [0.25, 0.3) is 33.0 Å². The predicted molar refractivity (Wildman–Crippen MR) is 239 cm³/mol. The van der Waals surface area contributed by atoms with Crippen LogP contribution in [0.15, 0.2) is 194 Å². The van der Waals surface area contributed by atoms with Crippen LogP contribution in [0, 0.1) is 0 Å². The third-order valence-corrected chi connectivity index (χ3v) is 11.9. The van der Waals surface area contributed by atoms with Crippen LogP contribution in [0.3, 0.4) is 0 Å². The molecule has 0 saturated carbocycles. The summed E-state index contributed by atoms with van der Waals surface area (Å²) >= 11 is 0. The van der Waals surface area contributed by atoms with Gasteiger partial charge in [0.2, 0.25) is 0 Å². The van der Waals surface area contributed by atoms with Crippen molar-refractivity contribution in [2.24, 2.45) is 0 Å². The minimum absolute atomic E-state index is 0.112. The Bertz CT molecular complexity index is 2620. The summed E-state index contributed by atoms with van der Waals surface area (Å²) in [5.74, 6) is 0. The molecule has 9 rings (SSSR count). The first kappa shape index (κ1) is 35.3. The van der Waals surface area contributed by atoms with E-state index in [1.54, 1.807) is 0 Å². The maximum atomic E-state index is 2.42. The Kier molecular flexibility index (Phi) is 9.06. The van der Waals surface area contributed by atoms with Gasteiger partial charge >= 0.3 is 0 Å². The van der Waals surface area contributed by atoms with E-state index in [1.165, 1.54) is 57.0 Å². The minimum atomic E-state index is 0.112. The highest BCUT2D eigenvalue weighted by atomic mass is 15.1. The van der Waals surface area contributed by atoms with E-state index in [4.69, 9.17) is 0 Å². The van der Waals surface area contributed by atoms with Crippen molar-refractivity contribution in [2.75, 3.05) is 9.80 Å². The van der Waals surface area contributed by atoms with Crippen molar-refractivity contribution in [3.05, 3.63) is 205 Å². The van der Waals surface area contributed by atoms with Gasteiger partial charge in [-0.1, -0.05) is 149 Å². The number of nitrogens with zero attached hydrogens (tertiary/aromatic N) is 2. The topological polar surface area (TPSA) is 6.48 Å². The van der Waals surface area contributed by atoms with Crippen LogP contribution in [0.2, 0.25) is 0 Å². The average Bonchev–Trinajstić information content (AvgIpc) is 3.24. The zero-order chi connectivity index (χ0) is 38.3. The lowest BCUT2D eigenvalue weighted by molar-refractivity contribution is 0.333. The minimum Gasteiger partial charge on any atom is -0.310 e. The van der Waals surface area contributed by atoms with E-state index in [-0.39, 0.29) is 10.8 Å². The highest BCUT2D eigenvalue weighted by Crippen LogP contribution is 2.50. The van der Waals surface area contributed by atoms with Gasteiger partial charge in [-0.05, 0) is 141 Å². The van der Waals surface area contributed by atoms with Crippen molar-refractivity contribution >= 4 is 44.9 Å². The molecule has 8 aromatic rings. The van der Waals surface area contributed by atoms with E-state index in [0.717, 1.165) is 34.1 Å². The van der Waals surface area contributed by atoms with Gasteiger partial charge < -0.3 is 9.80 Å². The summed E-state index contributed by atoms with van der Waals surface area (Å²) in [7, 11) is 0. The second kappa shape index (κ2) is 14.4. The average molecular weight is 725 g/mol. The number of anilines is 6. The van der Waals surface area contributed by atoms with Crippen LogP contribution in [0.4, 0.5) is 34.1 Å². The number of hydrogen-bond acceptors (Lipinski definition) is 2. The van der Waals surface area contributed by atoms with Crippen molar-refractivity contribution < 1.29 is 0 Å². The van der Waals surface area contributed by atoms with Gasteiger partial charge in [-0.15, -0.1) is 0 Å². The first-order valence-electron chi connectivity index (χ1n) is 19.9. The molecule has 0 bridgehead atoms. The molecule has 0 unspecified atom stereocenters. The molecular formula is C54H48N2. The van der Waals surface area contributed by atoms with E-state index in [2.05, 4.69) is 232 Å². The molecule has 0 atom stereocenters. The molecule has 1 aliphatic rings. The van der Waals surface area contributed by atoms with Gasteiger partial charge in [-0.2, -0.15) is 0 Å². The van der Waals surface area contributed by atoms with Gasteiger partial charge in [0, 0.05) is 34.1 Å². The highest BCUT2D eigenvalue weighted by molar-refractivity contribution is 5.89. The summed E-state index contributed by atoms with van der Waals surface area (Å²) in [6.45, 7) is 9.65. The molecule has 0 heterocycles. The smallest absolute Gasteiger partial charge is 0.0468 e. The Balaban J connectivity index is 1.05. The van der Waals surface area contributed by atoms with E-state index >= 15 is 0 Å². The van der Waals surface area contributed by atoms with Crippen LogP contribution >= 0.6 is 0 Å². The Hall–Kier alpha value is -6.38. The van der Waals surface area contributed by atoms with Gasteiger partial charge in [0.25, 0.3) is 0 Å². The van der Waals surface area contributed by atoms with Crippen molar-refractivity contribution in [1.82, 2.24) is 0 Å². The molecule has 0 saturated heterocycles. The van der Waals surface area contributed by atoms with E-state index in [9.17, 15) is 0 Å². The fourth-order valence-corrected chi connectivity index (χ4v) is 8.75. The zero-order valence-electron chi connectivity index (χ0n) is 32.8. The molecule has 0 aliphatic heterocycles. The number of rotatable bonds is 8. The summed E-state index contributed by atoms with van der Waals surface area (Å²) < 4.78 is 0. The lowest BCUT2D eigenvalue weighted by Gasteiger charge is -2.43. The molecule has 0 fully saturated rings. The number of fused-ring (bicyclic) bond motifs is 2. The molecule has 0 amide bonds. The predicted octanol–water partition coefficient (Wildman–Crippen LogP) is 15.5. The first-order chi connectivity index (χ1) is 27.2. The van der Waals surface area contributed by atoms with Gasteiger partial charge in [-0.3, -0.25) is 0 Å². The summed E-state index contributed by atoms with van der Waals surface area (Å²) in [4.78, 5) is 4.71. The Labute approximate surface area is 332 Å². The second-order valence-electron chi connectivity index (χ2n) is 16.5. The summed E-state index contributed by atoms with van der Waals surface area (Å²) in [5.41, 5.74) is 15.0.